The molecule has 1 aromatic heterocycles. The maximum Gasteiger partial charge on any atom is 0.245 e. The number of hydrogen-bond acceptors (Lipinski definition) is 5. The van der Waals surface area contributed by atoms with Gasteiger partial charge in [0.2, 0.25) is 10.0 Å². The van der Waals surface area contributed by atoms with Crippen LogP contribution in [0, 0.1) is 5.41 Å². The lowest BCUT2D eigenvalue weighted by molar-refractivity contribution is 0.167. The Morgan fingerprint density at radius 3 is 2.91 bits per heavy atom. The van der Waals surface area contributed by atoms with Gasteiger partial charge in [0, 0.05) is 26.7 Å². The summed E-state index contributed by atoms with van der Waals surface area (Å²) in [5, 5.41) is 11.8. The quantitative estimate of drug-likeness (QED) is 0.875. The Labute approximate surface area is 135 Å². The molecule has 8 heteroatoms. The normalized spacial score (nSPS) is 26.3. The second-order valence-electron chi connectivity index (χ2n) is 6.68. The first kappa shape index (κ1) is 15.0. The van der Waals surface area contributed by atoms with E-state index in [0.717, 1.165) is 32.4 Å². The number of nitrogens with zero attached hydrogens (tertiary/aromatic N) is 4. The Morgan fingerprint density at radius 1 is 1.26 bits per heavy atom. The first-order chi connectivity index (χ1) is 11.0. The summed E-state index contributed by atoms with van der Waals surface area (Å²) in [5.41, 5.74) is 1.17. The molecule has 0 bridgehead atoms. The number of rotatable bonds is 2. The molecule has 2 aliphatic rings. The molecular formula is C15H21N5O2S. The van der Waals surface area contributed by atoms with Crippen LogP contribution in [-0.4, -0.2) is 53.9 Å². The number of aromatic nitrogens is 3. The molecule has 0 aliphatic carbocycles. The van der Waals surface area contributed by atoms with Crippen LogP contribution >= 0.6 is 0 Å². The second-order valence-corrected chi connectivity index (χ2v) is 8.59. The van der Waals surface area contributed by atoms with Gasteiger partial charge in [-0.2, -0.15) is 19.3 Å². The number of sulfonamides is 1. The number of hydrogen-bond donors (Lipinski definition) is 1. The van der Waals surface area contributed by atoms with Crippen LogP contribution in [0.5, 0.6) is 0 Å². The minimum atomic E-state index is -3.55. The Kier molecular flexibility index (Phi) is 3.44. The summed E-state index contributed by atoms with van der Waals surface area (Å²) >= 11 is 0. The van der Waals surface area contributed by atoms with Gasteiger partial charge in [-0.05, 0) is 43.4 Å². The van der Waals surface area contributed by atoms with Crippen LogP contribution in [0.1, 0.15) is 19.3 Å². The van der Waals surface area contributed by atoms with Crippen LogP contribution in [0.4, 0.5) is 0 Å². The summed E-state index contributed by atoms with van der Waals surface area (Å²) in [5.74, 6) is 0. The van der Waals surface area contributed by atoms with Gasteiger partial charge in [0.05, 0.1) is 0 Å². The molecule has 1 N–H and O–H groups in total. The maximum absolute atomic E-state index is 13.2. The second kappa shape index (κ2) is 5.25. The van der Waals surface area contributed by atoms with Gasteiger partial charge in [0.25, 0.3) is 0 Å². The molecule has 2 fully saturated rings. The molecule has 1 aromatic carbocycles. The molecule has 124 valence electrons. The highest BCUT2D eigenvalue weighted by Crippen LogP contribution is 2.38. The fourth-order valence-electron chi connectivity index (χ4n) is 3.87. The predicted molar refractivity (Wildman–Crippen MR) is 86.4 cm³/mol. The van der Waals surface area contributed by atoms with E-state index in [0.29, 0.717) is 24.1 Å². The zero-order valence-electron chi connectivity index (χ0n) is 13.2. The van der Waals surface area contributed by atoms with Gasteiger partial charge in [-0.1, -0.05) is 6.07 Å². The number of nitrogens with one attached hydrogen (secondary N) is 1. The van der Waals surface area contributed by atoms with Gasteiger partial charge >= 0.3 is 0 Å². The highest BCUT2D eigenvalue weighted by molar-refractivity contribution is 7.89. The summed E-state index contributed by atoms with van der Waals surface area (Å²) in [7, 11) is -1.84. The third-order valence-electron chi connectivity index (χ3n) is 5.05. The van der Waals surface area contributed by atoms with Crippen molar-refractivity contribution in [2.45, 2.75) is 24.2 Å². The molecule has 0 radical (unpaired) electrons. The standard InChI is InChI=1S/C15H21N5O2S/c1-19-17-12-4-2-5-13(14(12)18-19)23(21,22)20-9-3-6-15(11-20)7-8-16-10-15/h2,4-5,16H,3,6-11H2,1H3. The summed E-state index contributed by atoms with van der Waals surface area (Å²) < 4.78 is 28.0. The lowest BCUT2D eigenvalue weighted by Crippen LogP contribution is -2.47. The third kappa shape index (κ3) is 2.45. The number of aryl methyl sites for hydroxylation is 1. The van der Waals surface area contributed by atoms with Gasteiger partial charge in [-0.25, -0.2) is 8.42 Å². The van der Waals surface area contributed by atoms with E-state index in [1.165, 1.54) is 4.80 Å². The number of fused-ring (bicyclic) bond motifs is 1. The van der Waals surface area contributed by atoms with Crippen molar-refractivity contribution in [2.75, 3.05) is 26.2 Å². The zero-order valence-corrected chi connectivity index (χ0v) is 14.0. The van der Waals surface area contributed by atoms with E-state index in [2.05, 4.69) is 15.5 Å². The molecule has 1 spiro atoms. The van der Waals surface area contributed by atoms with Crippen molar-refractivity contribution in [3.63, 3.8) is 0 Å². The lowest BCUT2D eigenvalue weighted by atomic mass is 9.80. The molecule has 4 rings (SSSR count). The molecule has 3 heterocycles. The monoisotopic (exact) mass is 335 g/mol. The zero-order chi connectivity index (χ0) is 16.1. The fraction of sp³-hybridized carbons (Fsp3) is 0.600. The Balaban J connectivity index is 1.74. The summed E-state index contributed by atoms with van der Waals surface area (Å²) in [4.78, 5) is 1.69. The predicted octanol–water partition coefficient (Wildman–Crippen LogP) is 0.732. The van der Waals surface area contributed by atoms with E-state index in [4.69, 9.17) is 0 Å². The van der Waals surface area contributed by atoms with Crippen molar-refractivity contribution in [2.24, 2.45) is 12.5 Å². The van der Waals surface area contributed by atoms with Gasteiger partial charge in [-0.3, -0.25) is 0 Å². The Morgan fingerprint density at radius 2 is 2.13 bits per heavy atom. The minimum Gasteiger partial charge on any atom is -0.316 e. The van der Waals surface area contributed by atoms with E-state index in [1.54, 1.807) is 29.6 Å². The van der Waals surface area contributed by atoms with Gasteiger partial charge in [-0.15, -0.1) is 0 Å². The molecule has 2 aliphatic heterocycles. The van der Waals surface area contributed by atoms with E-state index in [-0.39, 0.29) is 10.3 Å². The third-order valence-corrected chi connectivity index (χ3v) is 6.93. The van der Waals surface area contributed by atoms with Crippen LogP contribution in [0.3, 0.4) is 0 Å². The molecule has 2 saturated heterocycles. The average Bonchev–Trinajstić information content (AvgIpc) is 3.12. The van der Waals surface area contributed by atoms with Crippen molar-refractivity contribution >= 4 is 21.1 Å². The van der Waals surface area contributed by atoms with E-state index in [9.17, 15) is 8.42 Å². The number of benzene rings is 1. The van der Waals surface area contributed by atoms with Crippen LogP contribution in [0.15, 0.2) is 23.1 Å². The molecular weight excluding hydrogens is 314 g/mol. The van der Waals surface area contributed by atoms with Gasteiger partial charge < -0.3 is 5.32 Å². The minimum absolute atomic E-state index is 0.0988. The largest absolute Gasteiger partial charge is 0.316 e. The van der Waals surface area contributed by atoms with Crippen molar-refractivity contribution < 1.29 is 8.42 Å². The Hall–Kier alpha value is -1.51. The maximum atomic E-state index is 13.2. The first-order valence-corrected chi connectivity index (χ1v) is 9.45. The topological polar surface area (TPSA) is 80.1 Å². The van der Waals surface area contributed by atoms with E-state index in [1.807, 2.05) is 0 Å². The molecule has 1 unspecified atom stereocenters. The number of piperidine rings is 1. The van der Waals surface area contributed by atoms with Crippen molar-refractivity contribution in [3.05, 3.63) is 18.2 Å². The smallest absolute Gasteiger partial charge is 0.245 e. The van der Waals surface area contributed by atoms with Crippen LogP contribution in [0.2, 0.25) is 0 Å². The van der Waals surface area contributed by atoms with Gasteiger partial charge in [0.1, 0.15) is 15.9 Å². The van der Waals surface area contributed by atoms with Crippen LogP contribution in [-0.2, 0) is 17.1 Å². The molecule has 23 heavy (non-hydrogen) atoms. The van der Waals surface area contributed by atoms with Crippen molar-refractivity contribution in [1.82, 2.24) is 24.6 Å². The van der Waals surface area contributed by atoms with Crippen molar-refractivity contribution in [1.29, 1.82) is 0 Å². The van der Waals surface area contributed by atoms with E-state index < -0.39 is 10.0 Å². The summed E-state index contributed by atoms with van der Waals surface area (Å²) in [6, 6.07) is 5.17. The molecule has 2 aromatic rings. The molecule has 0 amide bonds. The first-order valence-electron chi connectivity index (χ1n) is 8.01. The van der Waals surface area contributed by atoms with E-state index >= 15 is 0 Å². The van der Waals surface area contributed by atoms with Crippen LogP contribution < -0.4 is 5.32 Å². The summed E-state index contributed by atoms with van der Waals surface area (Å²) in [6.45, 7) is 3.07. The molecule has 1 atom stereocenters. The molecule has 0 saturated carbocycles. The highest BCUT2D eigenvalue weighted by atomic mass is 32.2. The molecule has 7 nitrogen and oxygen atoms in total. The van der Waals surface area contributed by atoms with Crippen LogP contribution in [0.25, 0.3) is 11.0 Å². The SMILES string of the molecule is Cn1nc2cccc(S(=O)(=O)N3CCCC4(CCNC4)C3)c2n1. The average molecular weight is 335 g/mol. The lowest BCUT2D eigenvalue weighted by Gasteiger charge is -2.39. The fourth-order valence-corrected chi connectivity index (χ4v) is 5.61. The van der Waals surface area contributed by atoms with Gasteiger partial charge in [0.15, 0.2) is 0 Å². The summed E-state index contributed by atoms with van der Waals surface area (Å²) in [6.07, 6.45) is 3.06. The Bertz CT molecular complexity index is 839. The highest BCUT2D eigenvalue weighted by Gasteiger charge is 2.42. The van der Waals surface area contributed by atoms with Crippen molar-refractivity contribution in [3.8, 4) is 0 Å².